The van der Waals surface area contributed by atoms with Crippen molar-refractivity contribution in [2.45, 2.75) is 32.6 Å². The number of aryl methyl sites for hydroxylation is 1. The number of carbonyl (C=O) groups is 1. The molecule has 0 atom stereocenters. The average molecular weight is 318 g/mol. The molecule has 0 aliphatic heterocycles. The molecule has 2 aromatic rings. The number of nitriles is 1. The van der Waals surface area contributed by atoms with Crippen LogP contribution in [0.1, 0.15) is 32.1 Å². The molecule has 0 saturated carbocycles. The zero-order valence-electron chi connectivity index (χ0n) is 12.5. The Morgan fingerprint density at radius 2 is 2.41 bits per heavy atom. The molecule has 0 spiro atoms. The lowest BCUT2D eigenvalue weighted by molar-refractivity contribution is -0.130. The van der Waals surface area contributed by atoms with Crippen molar-refractivity contribution in [3.63, 3.8) is 0 Å². The van der Waals surface area contributed by atoms with Crippen LogP contribution in [-0.2, 0) is 11.2 Å². The quantitative estimate of drug-likeness (QED) is 0.699. The maximum Gasteiger partial charge on any atom is 0.226 e. The highest BCUT2D eigenvalue weighted by atomic mass is 32.1. The van der Waals surface area contributed by atoms with Crippen molar-refractivity contribution in [3.8, 4) is 16.8 Å². The molecular weight excluding hydrogens is 300 g/mol. The first-order valence-corrected chi connectivity index (χ1v) is 8.13. The van der Waals surface area contributed by atoms with Crippen LogP contribution >= 0.6 is 11.3 Å². The van der Waals surface area contributed by atoms with Crippen LogP contribution in [0.3, 0.4) is 0 Å². The predicted molar refractivity (Wildman–Crippen MR) is 83.0 cm³/mol. The smallest absolute Gasteiger partial charge is 0.226 e. The Morgan fingerprint density at radius 1 is 1.55 bits per heavy atom. The topological polar surface area (TPSA) is 83.0 Å². The minimum absolute atomic E-state index is 0.00129. The third-order valence-electron chi connectivity index (χ3n) is 3.10. The minimum atomic E-state index is 0.00129. The molecule has 22 heavy (non-hydrogen) atoms. The van der Waals surface area contributed by atoms with E-state index in [2.05, 4.69) is 10.1 Å². The van der Waals surface area contributed by atoms with E-state index in [0.29, 0.717) is 37.5 Å². The molecule has 0 radical (unpaired) electrons. The van der Waals surface area contributed by atoms with Gasteiger partial charge in [0, 0.05) is 19.4 Å². The Labute approximate surface area is 133 Å². The molecule has 6 nitrogen and oxygen atoms in total. The lowest BCUT2D eigenvalue weighted by Gasteiger charge is -2.18. The van der Waals surface area contributed by atoms with Gasteiger partial charge in [0.1, 0.15) is 6.54 Å². The van der Waals surface area contributed by atoms with Gasteiger partial charge in [-0.3, -0.25) is 4.79 Å². The van der Waals surface area contributed by atoms with E-state index >= 15 is 0 Å². The molecule has 1 amide bonds. The van der Waals surface area contributed by atoms with Crippen LogP contribution in [-0.4, -0.2) is 34.0 Å². The number of rotatable bonds is 8. The Balaban J connectivity index is 1.81. The fraction of sp³-hybridized carbons (Fsp3) is 0.467. The zero-order valence-corrected chi connectivity index (χ0v) is 13.3. The first-order chi connectivity index (χ1) is 10.7. The van der Waals surface area contributed by atoms with Crippen LogP contribution in [0, 0.1) is 11.3 Å². The second-order valence-electron chi connectivity index (χ2n) is 4.82. The standard InChI is InChI=1S/C15H18N4O2S/c1-2-9-19(10-8-16)14(20)7-3-6-13-17-15(18-21-13)12-5-4-11-22-12/h4-5,11H,2-3,6-7,9-10H2,1H3. The SMILES string of the molecule is CCCN(CC#N)C(=O)CCCc1nc(-c2cccs2)no1. The molecule has 0 unspecified atom stereocenters. The van der Waals surface area contributed by atoms with E-state index in [0.717, 1.165) is 11.3 Å². The van der Waals surface area contributed by atoms with Crippen LogP contribution < -0.4 is 0 Å². The van der Waals surface area contributed by atoms with Crippen LogP contribution in [0.4, 0.5) is 0 Å². The number of aromatic nitrogens is 2. The molecular formula is C15H18N4O2S. The van der Waals surface area contributed by atoms with Crippen molar-refractivity contribution in [3.05, 3.63) is 23.4 Å². The number of nitrogens with zero attached hydrogens (tertiary/aromatic N) is 4. The highest BCUT2D eigenvalue weighted by Crippen LogP contribution is 2.21. The fourth-order valence-corrected chi connectivity index (χ4v) is 2.71. The average Bonchev–Trinajstić information content (AvgIpc) is 3.17. The molecule has 2 heterocycles. The van der Waals surface area contributed by atoms with Crippen molar-refractivity contribution in [2.75, 3.05) is 13.1 Å². The van der Waals surface area contributed by atoms with E-state index in [1.165, 1.54) is 0 Å². The van der Waals surface area contributed by atoms with Gasteiger partial charge in [0.2, 0.25) is 17.6 Å². The summed E-state index contributed by atoms with van der Waals surface area (Å²) >= 11 is 1.56. The Morgan fingerprint density at radius 3 is 3.09 bits per heavy atom. The van der Waals surface area contributed by atoms with E-state index in [-0.39, 0.29) is 12.5 Å². The summed E-state index contributed by atoms with van der Waals surface area (Å²) in [5.41, 5.74) is 0. The summed E-state index contributed by atoms with van der Waals surface area (Å²) in [7, 11) is 0. The fourth-order valence-electron chi connectivity index (χ4n) is 2.06. The van der Waals surface area contributed by atoms with Gasteiger partial charge in [0.25, 0.3) is 0 Å². The van der Waals surface area contributed by atoms with Crippen molar-refractivity contribution in [2.24, 2.45) is 0 Å². The second kappa shape index (κ2) is 8.29. The summed E-state index contributed by atoms with van der Waals surface area (Å²) < 4.78 is 5.19. The number of carbonyl (C=O) groups excluding carboxylic acids is 1. The number of thiophene rings is 1. The third kappa shape index (κ3) is 4.40. The summed E-state index contributed by atoms with van der Waals surface area (Å²) in [6, 6.07) is 5.90. The molecule has 0 aliphatic rings. The maximum absolute atomic E-state index is 12.0. The summed E-state index contributed by atoms with van der Waals surface area (Å²) in [6.07, 6.45) is 2.44. The third-order valence-corrected chi connectivity index (χ3v) is 3.96. The van der Waals surface area contributed by atoms with Gasteiger partial charge in [-0.15, -0.1) is 11.3 Å². The van der Waals surface area contributed by atoms with E-state index in [1.54, 1.807) is 16.2 Å². The normalized spacial score (nSPS) is 10.4. The first-order valence-electron chi connectivity index (χ1n) is 7.25. The lowest BCUT2D eigenvalue weighted by atomic mass is 10.2. The number of hydrogen-bond acceptors (Lipinski definition) is 6. The Bertz CT molecular complexity index is 630. The largest absolute Gasteiger partial charge is 0.339 e. The molecule has 0 aliphatic carbocycles. The van der Waals surface area contributed by atoms with Crippen LogP contribution in [0.5, 0.6) is 0 Å². The van der Waals surface area contributed by atoms with Crippen molar-refractivity contribution < 1.29 is 9.32 Å². The Kier molecular flexibility index (Phi) is 6.10. The van der Waals surface area contributed by atoms with Gasteiger partial charge in [-0.25, -0.2) is 0 Å². The summed E-state index contributed by atoms with van der Waals surface area (Å²) in [5, 5.41) is 14.6. The van der Waals surface area contributed by atoms with Crippen molar-refractivity contribution >= 4 is 17.2 Å². The minimum Gasteiger partial charge on any atom is -0.339 e. The van der Waals surface area contributed by atoms with E-state index in [9.17, 15) is 4.79 Å². The second-order valence-corrected chi connectivity index (χ2v) is 5.76. The van der Waals surface area contributed by atoms with Crippen LogP contribution in [0.15, 0.2) is 22.0 Å². The monoisotopic (exact) mass is 318 g/mol. The van der Waals surface area contributed by atoms with E-state index in [4.69, 9.17) is 9.78 Å². The molecule has 116 valence electrons. The highest BCUT2D eigenvalue weighted by molar-refractivity contribution is 7.13. The molecule has 0 bridgehead atoms. The van der Waals surface area contributed by atoms with Gasteiger partial charge in [0.15, 0.2) is 0 Å². The Hall–Kier alpha value is -2.20. The summed E-state index contributed by atoms with van der Waals surface area (Å²) in [6.45, 7) is 2.76. The van der Waals surface area contributed by atoms with E-state index in [1.807, 2.05) is 30.5 Å². The van der Waals surface area contributed by atoms with Gasteiger partial charge in [0.05, 0.1) is 10.9 Å². The molecule has 2 rings (SSSR count). The molecule has 0 aromatic carbocycles. The molecule has 0 fully saturated rings. The predicted octanol–water partition coefficient (Wildman–Crippen LogP) is 2.88. The van der Waals surface area contributed by atoms with Crippen molar-refractivity contribution in [1.82, 2.24) is 15.0 Å². The number of hydrogen-bond donors (Lipinski definition) is 0. The zero-order chi connectivity index (χ0) is 15.8. The molecule has 2 aromatic heterocycles. The van der Waals surface area contributed by atoms with Crippen LogP contribution in [0.2, 0.25) is 0 Å². The van der Waals surface area contributed by atoms with Crippen LogP contribution in [0.25, 0.3) is 10.7 Å². The van der Waals surface area contributed by atoms with Gasteiger partial charge < -0.3 is 9.42 Å². The summed E-state index contributed by atoms with van der Waals surface area (Å²) in [5.74, 6) is 1.13. The van der Waals surface area contributed by atoms with Gasteiger partial charge in [-0.05, 0) is 24.3 Å². The number of amides is 1. The van der Waals surface area contributed by atoms with Crippen molar-refractivity contribution in [1.29, 1.82) is 5.26 Å². The highest BCUT2D eigenvalue weighted by Gasteiger charge is 2.13. The summed E-state index contributed by atoms with van der Waals surface area (Å²) in [4.78, 5) is 18.9. The lowest BCUT2D eigenvalue weighted by Crippen LogP contribution is -2.31. The van der Waals surface area contributed by atoms with Gasteiger partial charge >= 0.3 is 0 Å². The molecule has 7 heteroatoms. The van der Waals surface area contributed by atoms with Gasteiger partial charge in [-0.1, -0.05) is 18.1 Å². The molecule has 0 N–H and O–H groups in total. The maximum atomic E-state index is 12.0. The van der Waals surface area contributed by atoms with E-state index < -0.39 is 0 Å². The first kappa shape index (κ1) is 16.2. The molecule has 0 saturated heterocycles. The van der Waals surface area contributed by atoms with Gasteiger partial charge in [-0.2, -0.15) is 10.2 Å².